The predicted octanol–water partition coefficient (Wildman–Crippen LogP) is 2.98. The Morgan fingerprint density at radius 2 is 1.88 bits per heavy atom. The fourth-order valence-electron chi connectivity index (χ4n) is 3.21. The Kier molecular flexibility index (Phi) is 4.76. The van der Waals surface area contributed by atoms with Crippen LogP contribution in [0.3, 0.4) is 0 Å². The van der Waals surface area contributed by atoms with Crippen molar-refractivity contribution < 1.29 is 23.1 Å². The van der Waals surface area contributed by atoms with Crippen molar-refractivity contribution in [3.05, 3.63) is 65.5 Å². The third-order valence-electron chi connectivity index (χ3n) is 4.33. The van der Waals surface area contributed by atoms with Crippen LogP contribution >= 0.6 is 0 Å². The van der Waals surface area contributed by atoms with Crippen molar-refractivity contribution in [2.75, 3.05) is 6.54 Å². The van der Waals surface area contributed by atoms with E-state index in [1.807, 2.05) is 0 Å². The van der Waals surface area contributed by atoms with Crippen LogP contribution < -0.4 is 0 Å². The third-order valence-corrected chi connectivity index (χ3v) is 4.33. The van der Waals surface area contributed by atoms with Crippen LogP contribution in [0.4, 0.5) is 13.2 Å². The molecule has 1 aromatic carbocycles. The van der Waals surface area contributed by atoms with Crippen molar-refractivity contribution in [1.82, 2.24) is 9.88 Å². The molecular weight excluding hydrogens is 333 g/mol. The van der Waals surface area contributed by atoms with Crippen LogP contribution in [0.1, 0.15) is 29.2 Å². The molecule has 1 fully saturated rings. The number of benzene rings is 1. The number of likely N-dealkylation sites (tertiary alicyclic amines) is 1. The lowest BCUT2D eigenvalue weighted by molar-refractivity contribution is -0.140. The molecule has 1 amide bonds. The minimum absolute atomic E-state index is 0.0228. The molecule has 0 saturated carbocycles. The lowest BCUT2D eigenvalue weighted by Crippen LogP contribution is -2.33. The average molecular weight is 350 g/mol. The van der Waals surface area contributed by atoms with Gasteiger partial charge in [0.2, 0.25) is 5.91 Å². The van der Waals surface area contributed by atoms with Gasteiger partial charge in [0.15, 0.2) is 0 Å². The number of alkyl halides is 3. The molecule has 0 spiro atoms. The Hall–Kier alpha value is -2.41. The Bertz CT molecular complexity index is 749. The van der Waals surface area contributed by atoms with Crippen LogP contribution in [0.25, 0.3) is 0 Å². The highest BCUT2D eigenvalue weighted by Crippen LogP contribution is 2.40. The zero-order valence-corrected chi connectivity index (χ0v) is 13.3. The Labute approximate surface area is 142 Å². The number of rotatable bonds is 3. The van der Waals surface area contributed by atoms with Crippen molar-refractivity contribution >= 4 is 5.91 Å². The first-order valence-electron chi connectivity index (χ1n) is 7.89. The number of aromatic nitrogens is 1. The number of hydrogen-bond acceptors (Lipinski definition) is 3. The Morgan fingerprint density at radius 1 is 1.20 bits per heavy atom. The van der Waals surface area contributed by atoms with Gasteiger partial charge in [-0.3, -0.25) is 9.78 Å². The van der Waals surface area contributed by atoms with E-state index < -0.39 is 23.9 Å². The summed E-state index contributed by atoms with van der Waals surface area (Å²) in [7, 11) is 0. The second-order valence-corrected chi connectivity index (χ2v) is 6.07. The first-order valence-corrected chi connectivity index (χ1v) is 7.89. The zero-order valence-electron chi connectivity index (χ0n) is 13.3. The summed E-state index contributed by atoms with van der Waals surface area (Å²) in [5.74, 6) is -0.315. The lowest BCUT2D eigenvalue weighted by Gasteiger charge is -2.27. The first-order chi connectivity index (χ1) is 11.9. The number of hydrogen-bond donors (Lipinski definition) is 1. The van der Waals surface area contributed by atoms with Crippen LogP contribution in [-0.4, -0.2) is 33.5 Å². The maximum Gasteiger partial charge on any atom is 0.416 e. The fraction of sp³-hybridized carbons (Fsp3) is 0.333. The number of β-amino-alcohol motifs (C(OH)–C–C–N with tert-alkyl or cyclic N) is 1. The number of carbonyl (C=O) groups excluding carboxylic acids is 1. The summed E-state index contributed by atoms with van der Waals surface area (Å²) < 4.78 is 39.9. The van der Waals surface area contributed by atoms with Gasteiger partial charge in [0.05, 0.1) is 24.1 Å². The highest BCUT2D eigenvalue weighted by Gasteiger charge is 2.41. The quantitative estimate of drug-likeness (QED) is 0.926. The van der Waals surface area contributed by atoms with E-state index in [0.29, 0.717) is 0 Å². The van der Waals surface area contributed by atoms with Gasteiger partial charge in [-0.25, -0.2) is 0 Å². The molecule has 1 N–H and O–H groups in total. The topological polar surface area (TPSA) is 53.4 Å². The zero-order chi connectivity index (χ0) is 18.0. The van der Waals surface area contributed by atoms with E-state index in [4.69, 9.17) is 0 Å². The molecule has 1 aromatic heterocycles. The van der Waals surface area contributed by atoms with Crippen molar-refractivity contribution in [2.45, 2.75) is 31.2 Å². The van der Waals surface area contributed by atoms with E-state index in [2.05, 4.69) is 4.98 Å². The van der Waals surface area contributed by atoms with E-state index in [-0.39, 0.29) is 30.9 Å². The molecule has 1 aliphatic rings. The van der Waals surface area contributed by atoms with Gasteiger partial charge in [0.25, 0.3) is 0 Å². The third kappa shape index (κ3) is 3.82. The summed E-state index contributed by atoms with van der Waals surface area (Å²) in [6.45, 7) is 0.0285. The summed E-state index contributed by atoms with van der Waals surface area (Å²) >= 11 is 0. The van der Waals surface area contributed by atoms with Crippen molar-refractivity contribution in [2.24, 2.45) is 0 Å². The largest absolute Gasteiger partial charge is 0.416 e. The molecule has 2 heterocycles. The van der Waals surface area contributed by atoms with Gasteiger partial charge < -0.3 is 10.0 Å². The minimum atomic E-state index is -4.51. The maximum atomic E-state index is 13.3. The average Bonchev–Trinajstić information content (AvgIpc) is 2.97. The van der Waals surface area contributed by atoms with Crippen molar-refractivity contribution in [3.63, 3.8) is 0 Å². The van der Waals surface area contributed by atoms with Gasteiger partial charge in [-0.05, 0) is 35.7 Å². The molecule has 3 rings (SSSR count). The van der Waals surface area contributed by atoms with Gasteiger partial charge in [0, 0.05) is 18.9 Å². The monoisotopic (exact) mass is 350 g/mol. The predicted molar refractivity (Wildman–Crippen MR) is 84.5 cm³/mol. The Morgan fingerprint density at radius 3 is 2.56 bits per heavy atom. The van der Waals surface area contributed by atoms with Gasteiger partial charge in [-0.2, -0.15) is 13.2 Å². The summed E-state index contributed by atoms with van der Waals surface area (Å²) in [5.41, 5.74) is -0.0188. The van der Waals surface area contributed by atoms with Crippen LogP contribution in [0.5, 0.6) is 0 Å². The highest BCUT2D eigenvalue weighted by molar-refractivity contribution is 5.79. The van der Waals surface area contributed by atoms with E-state index in [1.54, 1.807) is 24.5 Å². The van der Waals surface area contributed by atoms with Crippen LogP contribution in [-0.2, 0) is 17.4 Å². The minimum Gasteiger partial charge on any atom is -0.391 e. The molecule has 1 saturated heterocycles. The summed E-state index contributed by atoms with van der Waals surface area (Å²) in [5, 5.41) is 9.95. The molecule has 7 heteroatoms. The molecule has 25 heavy (non-hydrogen) atoms. The van der Waals surface area contributed by atoms with Gasteiger partial charge in [0.1, 0.15) is 0 Å². The molecule has 0 bridgehead atoms. The van der Waals surface area contributed by atoms with Gasteiger partial charge >= 0.3 is 6.18 Å². The molecule has 0 radical (unpaired) electrons. The van der Waals surface area contributed by atoms with Gasteiger partial charge in [-0.15, -0.1) is 0 Å². The number of aliphatic hydroxyl groups excluding tert-OH is 1. The molecule has 1 aliphatic heterocycles. The lowest BCUT2D eigenvalue weighted by atomic mass is 9.97. The van der Waals surface area contributed by atoms with Crippen molar-refractivity contribution in [1.29, 1.82) is 0 Å². The summed E-state index contributed by atoms with van der Waals surface area (Å²) in [6.07, 6.45) is -2.10. The number of aliphatic hydroxyl groups is 1. The van der Waals surface area contributed by atoms with E-state index in [9.17, 15) is 23.1 Å². The van der Waals surface area contributed by atoms with E-state index in [0.717, 1.165) is 11.6 Å². The molecule has 4 nitrogen and oxygen atoms in total. The highest BCUT2D eigenvalue weighted by atomic mass is 19.4. The number of carbonyl (C=O) groups is 1. The Balaban J connectivity index is 1.89. The first kappa shape index (κ1) is 17.4. The molecule has 0 unspecified atom stereocenters. The maximum absolute atomic E-state index is 13.3. The molecular formula is C18H17F3N2O2. The smallest absolute Gasteiger partial charge is 0.391 e. The van der Waals surface area contributed by atoms with E-state index >= 15 is 0 Å². The van der Waals surface area contributed by atoms with Crippen LogP contribution in [0, 0.1) is 0 Å². The second kappa shape index (κ2) is 6.84. The normalized spacial score (nSPS) is 20.7. The molecule has 0 aliphatic carbocycles. The number of nitrogens with zero attached hydrogens (tertiary/aromatic N) is 2. The van der Waals surface area contributed by atoms with E-state index in [1.165, 1.54) is 23.1 Å². The molecule has 2 atom stereocenters. The summed E-state index contributed by atoms with van der Waals surface area (Å²) in [4.78, 5) is 17.8. The van der Waals surface area contributed by atoms with Crippen LogP contribution in [0.15, 0.2) is 48.8 Å². The molecule has 132 valence electrons. The summed E-state index contributed by atoms with van der Waals surface area (Å²) in [6, 6.07) is 7.79. The molecule has 2 aromatic rings. The number of amides is 1. The standard InChI is InChI=1S/C18H17F3N2O2/c19-18(20,21)15-4-2-1-3-14(15)16-10-13(24)11-23(16)17(25)9-12-5-7-22-8-6-12/h1-8,13,16,24H,9-11H2/t13-,16-/m1/s1. The number of pyridine rings is 1. The van der Waals surface area contributed by atoms with Gasteiger partial charge in [-0.1, -0.05) is 18.2 Å². The van der Waals surface area contributed by atoms with Crippen molar-refractivity contribution in [3.8, 4) is 0 Å². The number of halogens is 3. The van der Waals surface area contributed by atoms with Crippen LogP contribution in [0.2, 0.25) is 0 Å². The fourth-order valence-corrected chi connectivity index (χ4v) is 3.21. The second-order valence-electron chi connectivity index (χ2n) is 6.07. The SMILES string of the molecule is O=C(Cc1ccncc1)N1C[C@H](O)C[C@@H]1c1ccccc1C(F)(F)F.